The molecule has 3 N–H and O–H groups in total. The molecule has 0 saturated carbocycles. The van der Waals surface area contributed by atoms with Crippen molar-refractivity contribution in [3.8, 4) is 17.1 Å². The minimum Gasteiger partial charge on any atom is -0.505 e. The van der Waals surface area contributed by atoms with E-state index in [0.717, 1.165) is 6.07 Å². The standard InChI is InChI=1S/C12H14FN3O3/c1-18-8(6-14)5-11-15-12(16-19-11)7-2-3-10(17)9(13)4-7/h2-4,8,17H,5-6,14H2,1H3. The average Bonchev–Trinajstić information content (AvgIpc) is 2.87. The van der Waals surface area contributed by atoms with Crippen LogP contribution in [-0.2, 0) is 11.2 Å². The smallest absolute Gasteiger partial charge is 0.229 e. The molecule has 0 fully saturated rings. The molecule has 0 spiro atoms. The summed E-state index contributed by atoms with van der Waals surface area (Å²) in [5.74, 6) is -0.544. The Hall–Kier alpha value is -1.99. The van der Waals surface area contributed by atoms with Crippen LogP contribution in [0.5, 0.6) is 5.75 Å². The highest BCUT2D eigenvalue weighted by Gasteiger charge is 2.14. The maximum absolute atomic E-state index is 13.2. The van der Waals surface area contributed by atoms with E-state index in [1.54, 1.807) is 7.11 Å². The second-order valence-corrected chi connectivity index (χ2v) is 3.98. The number of rotatable bonds is 5. The Morgan fingerprint density at radius 3 is 2.95 bits per heavy atom. The molecule has 102 valence electrons. The Balaban J connectivity index is 2.18. The van der Waals surface area contributed by atoms with E-state index < -0.39 is 11.6 Å². The summed E-state index contributed by atoms with van der Waals surface area (Å²) in [7, 11) is 1.55. The van der Waals surface area contributed by atoms with Crippen molar-refractivity contribution in [2.75, 3.05) is 13.7 Å². The number of benzene rings is 1. The molecule has 1 heterocycles. The highest BCUT2D eigenvalue weighted by Crippen LogP contribution is 2.22. The minimum absolute atomic E-state index is 0.204. The van der Waals surface area contributed by atoms with Gasteiger partial charge >= 0.3 is 0 Å². The fourth-order valence-electron chi connectivity index (χ4n) is 1.56. The quantitative estimate of drug-likeness (QED) is 0.842. The number of halogens is 1. The number of hydrogen-bond donors (Lipinski definition) is 2. The highest BCUT2D eigenvalue weighted by atomic mass is 19.1. The largest absolute Gasteiger partial charge is 0.505 e. The van der Waals surface area contributed by atoms with E-state index in [-0.39, 0.29) is 11.9 Å². The maximum atomic E-state index is 13.2. The number of aromatic hydroxyl groups is 1. The van der Waals surface area contributed by atoms with Crippen LogP contribution in [0.2, 0.25) is 0 Å². The summed E-state index contributed by atoms with van der Waals surface area (Å²) in [4.78, 5) is 4.13. The number of nitrogens with two attached hydrogens (primary N) is 1. The van der Waals surface area contributed by atoms with Gasteiger partial charge in [-0.15, -0.1) is 0 Å². The number of methoxy groups -OCH3 is 1. The van der Waals surface area contributed by atoms with E-state index in [9.17, 15) is 4.39 Å². The summed E-state index contributed by atoms with van der Waals surface area (Å²) in [6.45, 7) is 0.335. The Morgan fingerprint density at radius 1 is 1.53 bits per heavy atom. The Morgan fingerprint density at radius 2 is 2.32 bits per heavy atom. The molecule has 0 bridgehead atoms. The number of phenolic OH excluding ortho intramolecular Hbond substituents is 1. The van der Waals surface area contributed by atoms with Gasteiger partial charge < -0.3 is 20.1 Å². The first-order valence-electron chi connectivity index (χ1n) is 5.68. The van der Waals surface area contributed by atoms with Gasteiger partial charge in [-0.05, 0) is 18.2 Å². The van der Waals surface area contributed by atoms with Crippen molar-refractivity contribution in [1.29, 1.82) is 0 Å². The zero-order valence-electron chi connectivity index (χ0n) is 10.3. The van der Waals surface area contributed by atoms with E-state index in [0.29, 0.717) is 24.4 Å². The fourth-order valence-corrected chi connectivity index (χ4v) is 1.56. The van der Waals surface area contributed by atoms with Crippen LogP contribution < -0.4 is 5.73 Å². The van der Waals surface area contributed by atoms with Crippen LogP contribution in [0.3, 0.4) is 0 Å². The van der Waals surface area contributed by atoms with Gasteiger partial charge in [-0.25, -0.2) is 4.39 Å². The highest BCUT2D eigenvalue weighted by molar-refractivity contribution is 5.55. The molecule has 19 heavy (non-hydrogen) atoms. The SMILES string of the molecule is COC(CN)Cc1nc(-c2ccc(O)c(F)c2)no1. The van der Waals surface area contributed by atoms with Crippen LogP contribution in [0.4, 0.5) is 4.39 Å². The first-order chi connectivity index (χ1) is 9.13. The van der Waals surface area contributed by atoms with E-state index in [1.807, 2.05) is 0 Å². The molecule has 0 radical (unpaired) electrons. The summed E-state index contributed by atoms with van der Waals surface area (Å²) < 4.78 is 23.4. The van der Waals surface area contributed by atoms with Crippen molar-refractivity contribution < 1.29 is 18.8 Å². The topological polar surface area (TPSA) is 94.4 Å². The maximum Gasteiger partial charge on any atom is 0.229 e. The van der Waals surface area contributed by atoms with E-state index >= 15 is 0 Å². The molecule has 1 aromatic heterocycles. The fraction of sp³-hybridized carbons (Fsp3) is 0.333. The van der Waals surface area contributed by atoms with Crippen molar-refractivity contribution in [2.45, 2.75) is 12.5 Å². The molecular weight excluding hydrogens is 253 g/mol. The van der Waals surface area contributed by atoms with Crippen LogP contribution in [0, 0.1) is 5.82 Å². The second-order valence-electron chi connectivity index (χ2n) is 3.98. The van der Waals surface area contributed by atoms with Gasteiger partial charge in [0.1, 0.15) is 0 Å². The molecule has 0 aliphatic rings. The van der Waals surface area contributed by atoms with Crippen LogP contribution in [0.15, 0.2) is 22.7 Å². The third-order valence-electron chi connectivity index (χ3n) is 2.67. The van der Waals surface area contributed by atoms with E-state index in [2.05, 4.69) is 10.1 Å². The lowest BCUT2D eigenvalue weighted by Crippen LogP contribution is -2.24. The van der Waals surface area contributed by atoms with Gasteiger partial charge in [-0.1, -0.05) is 5.16 Å². The van der Waals surface area contributed by atoms with Crippen LogP contribution in [-0.4, -0.2) is 35.0 Å². The molecule has 6 nitrogen and oxygen atoms in total. The third-order valence-corrected chi connectivity index (χ3v) is 2.67. The monoisotopic (exact) mass is 267 g/mol. The minimum atomic E-state index is -0.736. The Kier molecular flexibility index (Phi) is 4.08. The number of hydrogen-bond acceptors (Lipinski definition) is 6. The molecule has 0 aliphatic carbocycles. The van der Waals surface area contributed by atoms with Crippen LogP contribution >= 0.6 is 0 Å². The molecule has 2 aromatic rings. The van der Waals surface area contributed by atoms with Crippen LogP contribution in [0.1, 0.15) is 5.89 Å². The molecule has 0 aliphatic heterocycles. The number of ether oxygens (including phenoxy) is 1. The molecule has 0 amide bonds. The predicted octanol–water partition coefficient (Wildman–Crippen LogP) is 1.10. The van der Waals surface area contributed by atoms with Gasteiger partial charge in [0.2, 0.25) is 11.7 Å². The van der Waals surface area contributed by atoms with Crippen LogP contribution in [0.25, 0.3) is 11.4 Å². The van der Waals surface area contributed by atoms with Gasteiger partial charge in [0, 0.05) is 19.2 Å². The van der Waals surface area contributed by atoms with E-state index in [1.165, 1.54) is 12.1 Å². The van der Waals surface area contributed by atoms with Crippen molar-refractivity contribution in [3.05, 3.63) is 29.9 Å². The van der Waals surface area contributed by atoms with Gasteiger partial charge in [-0.2, -0.15) is 4.98 Å². The molecule has 1 atom stereocenters. The lowest BCUT2D eigenvalue weighted by molar-refractivity contribution is 0.102. The summed E-state index contributed by atoms with van der Waals surface area (Å²) in [6.07, 6.45) is 0.186. The van der Waals surface area contributed by atoms with Crippen molar-refractivity contribution in [2.24, 2.45) is 5.73 Å². The molecule has 0 saturated heterocycles. The average molecular weight is 267 g/mol. The number of nitrogens with zero attached hydrogens (tertiary/aromatic N) is 2. The van der Waals surface area contributed by atoms with Gasteiger partial charge in [0.15, 0.2) is 11.6 Å². The lowest BCUT2D eigenvalue weighted by atomic mass is 10.2. The molecule has 1 unspecified atom stereocenters. The lowest BCUT2D eigenvalue weighted by Gasteiger charge is -2.08. The molecular formula is C12H14FN3O3. The summed E-state index contributed by atoms with van der Waals surface area (Å²) in [5.41, 5.74) is 5.92. The number of aromatic nitrogens is 2. The number of phenols is 1. The van der Waals surface area contributed by atoms with E-state index in [4.69, 9.17) is 20.1 Å². The second kappa shape index (κ2) is 5.77. The summed E-state index contributed by atoms with van der Waals surface area (Å²) in [5, 5.41) is 12.9. The zero-order chi connectivity index (χ0) is 13.8. The van der Waals surface area contributed by atoms with Crippen molar-refractivity contribution in [3.63, 3.8) is 0 Å². The predicted molar refractivity (Wildman–Crippen MR) is 64.9 cm³/mol. The first kappa shape index (κ1) is 13.4. The van der Waals surface area contributed by atoms with Crippen molar-refractivity contribution >= 4 is 0 Å². The normalized spacial score (nSPS) is 12.6. The Bertz CT molecular complexity index is 555. The van der Waals surface area contributed by atoms with Crippen molar-refractivity contribution in [1.82, 2.24) is 10.1 Å². The molecule has 1 aromatic carbocycles. The first-order valence-corrected chi connectivity index (χ1v) is 5.68. The Labute approximate surface area is 109 Å². The molecule has 7 heteroatoms. The molecule has 2 rings (SSSR count). The zero-order valence-corrected chi connectivity index (χ0v) is 10.3. The van der Waals surface area contributed by atoms with Gasteiger partial charge in [0.25, 0.3) is 0 Å². The van der Waals surface area contributed by atoms with Gasteiger partial charge in [-0.3, -0.25) is 0 Å². The summed E-state index contributed by atoms with van der Waals surface area (Å²) >= 11 is 0. The summed E-state index contributed by atoms with van der Waals surface area (Å²) in [6, 6.07) is 3.88. The third kappa shape index (κ3) is 3.07. The van der Waals surface area contributed by atoms with Gasteiger partial charge in [0.05, 0.1) is 12.5 Å².